The molecule has 3 rings (SSSR count). The van der Waals surface area contributed by atoms with Crippen LogP contribution in [0.5, 0.6) is 0 Å². The number of aryl methyl sites for hydroxylation is 2. The standard InChI is InChI=1S/C17H19ClN4/c1-2-15-21-17(18)16-14(20-9-10-22(15)16)8-7-12-3-5-13(11-19)6-4-12/h3-6,14,20H,2,7-10H2,1H3/t14-/m1/s1. The number of fused-ring (bicyclic) bond motifs is 1. The molecule has 0 unspecified atom stereocenters. The Morgan fingerprint density at radius 1 is 1.41 bits per heavy atom. The molecule has 1 atom stereocenters. The summed E-state index contributed by atoms with van der Waals surface area (Å²) in [6.45, 7) is 4.00. The van der Waals surface area contributed by atoms with Crippen molar-refractivity contribution in [3.8, 4) is 6.07 Å². The van der Waals surface area contributed by atoms with Gasteiger partial charge in [0.15, 0.2) is 5.15 Å². The van der Waals surface area contributed by atoms with E-state index in [9.17, 15) is 0 Å². The van der Waals surface area contributed by atoms with Crippen LogP contribution in [0, 0.1) is 11.3 Å². The van der Waals surface area contributed by atoms with E-state index in [1.165, 1.54) is 5.56 Å². The van der Waals surface area contributed by atoms with Gasteiger partial charge in [0.05, 0.1) is 23.4 Å². The van der Waals surface area contributed by atoms with Gasteiger partial charge < -0.3 is 9.88 Å². The summed E-state index contributed by atoms with van der Waals surface area (Å²) in [6.07, 6.45) is 2.83. The van der Waals surface area contributed by atoms with Crippen molar-refractivity contribution < 1.29 is 0 Å². The molecule has 0 bridgehead atoms. The topological polar surface area (TPSA) is 53.6 Å². The van der Waals surface area contributed by atoms with Crippen LogP contribution in [0.2, 0.25) is 5.15 Å². The third-order valence-electron chi connectivity index (χ3n) is 4.22. The second-order valence-corrected chi connectivity index (χ2v) is 5.92. The van der Waals surface area contributed by atoms with Crippen LogP contribution >= 0.6 is 11.6 Å². The molecule has 0 saturated heterocycles. The minimum absolute atomic E-state index is 0.240. The van der Waals surface area contributed by atoms with E-state index in [1.807, 2.05) is 24.3 Å². The summed E-state index contributed by atoms with van der Waals surface area (Å²) >= 11 is 6.35. The Balaban J connectivity index is 1.74. The number of nitriles is 1. The van der Waals surface area contributed by atoms with Gasteiger partial charge in [-0.15, -0.1) is 0 Å². The Bertz CT molecular complexity index is 697. The van der Waals surface area contributed by atoms with Crippen molar-refractivity contribution in [1.29, 1.82) is 5.26 Å². The Morgan fingerprint density at radius 2 is 2.18 bits per heavy atom. The van der Waals surface area contributed by atoms with Crippen molar-refractivity contribution in [3.63, 3.8) is 0 Å². The monoisotopic (exact) mass is 314 g/mol. The summed E-state index contributed by atoms with van der Waals surface area (Å²) in [6, 6.07) is 10.2. The van der Waals surface area contributed by atoms with Crippen molar-refractivity contribution >= 4 is 11.6 Å². The molecule has 114 valence electrons. The van der Waals surface area contributed by atoms with Gasteiger partial charge in [-0.25, -0.2) is 4.98 Å². The van der Waals surface area contributed by atoms with Crippen molar-refractivity contribution in [2.24, 2.45) is 0 Å². The van der Waals surface area contributed by atoms with Gasteiger partial charge >= 0.3 is 0 Å². The number of halogens is 1. The van der Waals surface area contributed by atoms with E-state index in [1.54, 1.807) is 0 Å². The SMILES string of the molecule is CCc1nc(Cl)c2n1CCN[C@@H]2CCc1ccc(C#N)cc1. The molecule has 5 heteroatoms. The lowest BCUT2D eigenvalue weighted by molar-refractivity contribution is 0.400. The molecule has 0 amide bonds. The van der Waals surface area contributed by atoms with Gasteiger partial charge in [0.2, 0.25) is 0 Å². The summed E-state index contributed by atoms with van der Waals surface area (Å²) in [5.41, 5.74) is 3.07. The number of hydrogen-bond acceptors (Lipinski definition) is 3. The van der Waals surface area contributed by atoms with Crippen molar-refractivity contribution in [3.05, 3.63) is 52.1 Å². The zero-order chi connectivity index (χ0) is 15.5. The first kappa shape index (κ1) is 15.1. The molecule has 2 heterocycles. The molecule has 4 nitrogen and oxygen atoms in total. The fourth-order valence-electron chi connectivity index (χ4n) is 3.08. The van der Waals surface area contributed by atoms with E-state index >= 15 is 0 Å². The largest absolute Gasteiger partial charge is 0.328 e. The van der Waals surface area contributed by atoms with E-state index in [-0.39, 0.29) is 6.04 Å². The third kappa shape index (κ3) is 2.87. The van der Waals surface area contributed by atoms with E-state index in [0.29, 0.717) is 10.7 Å². The molecule has 1 N–H and O–H groups in total. The van der Waals surface area contributed by atoms with Crippen LogP contribution in [-0.2, 0) is 19.4 Å². The highest BCUT2D eigenvalue weighted by molar-refractivity contribution is 6.30. The summed E-state index contributed by atoms with van der Waals surface area (Å²) < 4.78 is 2.27. The molecule has 1 aliphatic heterocycles. The Labute approximate surface area is 135 Å². The molecular weight excluding hydrogens is 296 g/mol. The number of rotatable bonds is 4. The normalized spacial score (nSPS) is 17.0. The molecule has 0 spiro atoms. The van der Waals surface area contributed by atoms with Gasteiger partial charge in [-0.05, 0) is 30.5 Å². The van der Waals surface area contributed by atoms with Crippen molar-refractivity contribution in [2.75, 3.05) is 6.54 Å². The Hall–Kier alpha value is -1.83. The van der Waals surface area contributed by atoms with E-state index in [0.717, 1.165) is 43.9 Å². The first-order chi connectivity index (χ1) is 10.7. The molecule has 0 aliphatic carbocycles. The predicted octanol–water partition coefficient (Wildman–Crippen LogP) is 3.25. The smallest absolute Gasteiger partial charge is 0.152 e. The number of nitrogens with one attached hydrogen (secondary N) is 1. The van der Waals surface area contributed by atoms with Crippen LogP contribution in [0.1, 0.15) is 42.0 Å². The molecule has 2 aromatic rings. The zero-order valence-corrected chi connectivity index (χ0v) is 13.4. The quantitative estimate of drug-likeness (QED) is 0.942. The second-order valence-electron chi connectivity index (χ2n) is 5.56. The summed E-state index contributed by atoms with van der Waals surface area (Å²) in [5, 5.41) is 13.0. The van der Waals surface area contributed by atoms with Crippen LogP contribution in [-0.4, -0.2) is 16.1 Å². The Kier molecular flexibility index (Phi) is 4.47. The minimum Gasteiger partial charge on any atom is -0.328 e. The highest BCUT2D eigenvalue weighted by atomic mass is 35.5. The fraction of sp³-hybridized carbons (Fsp3) is 0.412. The van der Waals surface area contributed by atoms with Gasteiger partial charge in [-0.3, -0.25) is 0 Å². The number of imidazole rings is 1. The summed E-state index contributed by atoms with van der Waals surface area (Å²) in [4.78, 5) is 4.49. The van der Waals surface area contributed by atoms with Crippen LogP contribution < -0.4 is 5.32 Å². The number of benzene rings is 1. The molecule has 1 aromatic carbocycles. The summed E-state index contributed by atoms with van der Waals surface area (Å²) in [5.74, 6) is 1.07. The highest BCUT2D eigenvalue weighted by Crippen LogP contribution is 2.30. The van der Waals surface area contributed by atoms with Gasteiger partial charge in [0, 0.05) is 19.5 Å². The van der Waals surface area contributed by atoms with Crippen molar-refractivity contribution in [2.45, 2.75) is 38.8 Å². The fourth-order valence-corrected chi connectivity index (χ4v) is 3.41. The zero-order valence-electron chi connectivity index (χ0n) is 12.6. The maximum Gasteiger partial charge on any atom is 0.152 e. The van der Waals surface area contributed by atoms with Crippen LogP contribution in [0.4, 0.5) is 0 Å². The number of aromatic nitrogens is 2. The lowest BCUT2D eigenvalue weighted by Gasteiger charge is -2.27. The van der Waals surface area contributed by atoms with E-state index < -0.39 is 0 Å². The lowest BCUT2D eigenvalue weighted by Crippen LogP contribution is -2.34. The molecule has 0 saturated carbocycles. The summed E-state index contributed by atoms with van der Waals surface area (Å²) in [7, 11) is 0. The maximum absolute atomic E-state index is 8.84. The number of hydrogen-bond donors (Lipinski definition) is 1. The average Bonchev–Trinajstić information content (AvgIpc) is 2.90. The first-order valence-electron chi connectivity index (χ1n) is 7.70. The molecule has 0 fully saturated rings. The third-order valence-corrected chi connectivity index (χ3v) is 4.50. The van der Waals surface area contributed by atoms with Crippen LogP contribution in [0.15, 0.2) is 24.3 Å². The molecule has 22 heavy (non-hydrogen) atoms. The maximum atomic E-state index is 8.84. The second kappa shape index (κ2) is 6.51. The average molecular weight is 315 g/mol. The van der Waals surface area contributed by atoms with Crippen LogP contribution in [0.3, 0.4) is 0 Å². The van der Waals surface area contributed by atoms with Gasteiger partial charge in [0.25, 0.3) is 0 Å². The molecular formula is C17H19ClN4. The lowest BCUT2D eigenvalue weighted by atomic mass is 10.0. The van der Waals surface area contributed by atoms with Gasteiger partial charge in [0.1, 0.15) is 5.82 Å². The predicted molar refractivity (Wildman–Crippen MR) is 86.8 cm³/mol. The molecule has 1 aromatic heterocycles. The van der Waals surface area contributed by atoms with E-state index in [4.69, 9.17) is 16.9 Å². The first-order valence-corrected chi connectivity index (χ1v) is 8.08. The molecule has 1 aliphatic rings. The van der Waals surface area contributed by atoms with Gasteiger partial charge in [-0.1, -0.05) is 30.7 Å². The van der Waals surface area contributed by atoms with Crippen LogP contribution in [0.25, 0.3) is 0 Å². The van der Waals surface area contributed by atoms with Gasteiger partial charge in [-0.2, -0.15) is 5.26 Å². The Morgan fingerprint density at radius 3 is 2.86 bits per heavy atom. The number of nitrogens with zero attached hydrogens (tertiary/aromatic N) is 3. The minimum atomic E-state index is 0.240. The molecule has 0 radical (unpaired) electrons. The van der Waals surface area contributed by atoms with E-state index in [2.05, 4.69) is 27.9 Å². The van der Waals surface area contributed by atoms with Crippen molar-refractivity contribution in [1.82, 2.24) is 14.9 Å². The highest BCUT2D eigenvalue weighted by Gasteiger charge is 2.26.